The second-order valence-electron chi connectivity index (χ2n) is 9.00. The summed E-state index contributed by atoms with van der Waals surface area (Å²) in [5, 5.41) is 4.71. The van der Waals surface area contributed by atoms with Crippen LogP contribution in [0, 0.1) is 20.8 Å². The molecule has 1 saturated carbocycles. The van der Waals surface area contributed by atoms with E-state index >= 15 is 0 Å². The van der Waals surface area contributed by atoms with Crippen molar-refractivity contribution >= 4 is 22.7 Å². The summed E-state index contributed by atoms with van der Waals surface area (Å²) in [5.41, 5.74) is -0.955. The molecule has 1 fully saturated rings. The first-order valence-corrected chi connectivity index (χ1v) is 12.4. The highest BCUT2D eigenvalue weighted by atomic mass is 32.2. The van der Waals surface area contributed by atoms with Gasteiger partial charge in [0.15, 0.2) is 0 Å². The summed E-state index contributed by atoms with van der Waals surface area (Å²) >= 11 is 0. The lowest BCUT2D eigenvalue weighted by Crippen LogP contribution is -2.53. The summed E-state index contributed by atoms with van der Waals surface area (Å²) in [6, 6.07) is 2.84. The van der Waals surface area contributed by atoms with Gasteiger partial charge >= 0.3 is 18.4 Å². The zero-order valence-electron chi connectivity index (χ0n) is 19.9. The molecule has 36 heavy (non-hydrogen) atoms. The molecule has 0 saturated heterocycles. The van der Waals surface area contributed by atoms with Gasteiger partial charge in [0, 0.05) is 17.8 Å². The number of carbonyl (C=O) groups is 1. The third-order valence-corrected chi connectivity index (χ3v) is 7.51. The standard InChI is InChI=1S/C24H27F6N3O2S/c1-13-8-14(2)21(15(3)9-13)36(35)33-20-7-5-4-6-19(20)32-22(34)31-18-11-16(23(25,26)27)10-17(12-18)24(28,29)30/h8-12,19-20,33H,4-7H2,1-3H3,(H2,31,32,34)/t19-,20-,36?/m1/s1. The Labute approximate surface area is 207 Å². The molecule has 1 aliphatic carbocycles. The van der Waals surface area contributed by atoms with Crippen LogP contribution in [0.5, 0.6) is 0 Å². The van der Waals surface area contributed by atoms with E-state index < -0.39 is 58.3 Å². The molecule has 3 N–H and O–H groups in total. The van der Waals surface area contributed by atoms with E-state index in [4.69, 9.17) is 0 Å². The van der Waals surface area contributed by atoms with Gasteiger partial charge in [0.25, 0.3) is 0 Å². The van der Waals surface area contributed by atoms with Crippen LogP contribution in [0.25, 0.3) is 0 Å². The van der Waals surface area contributed by atoms with Gasteiger partial charge in [-0.25, -0.2) is 13.7 Å². The number of alkyl halides is 6. The quantitative estimate of drug-likeness (QED) is 0.388. The van der Waals surface area contributed by atoms with Crippen LogP contribution in [0.2, 0.25) is 0 Å². The van der Waals surface area contributed by atoms with Crippen molar-refractivity contribution in [1.82, 2.24) is 10.0 Å². The lowest BCUT2D eigenvalue weighted by molar-refractivity contribution is -0.143. The number of anilines is 1. The Kier molecular flexibility index (Phi) is 8.39. The Morgan fingerprint density at radius 3 is 1.83 bits per heavy atom. The first kappa shape index (κ1) is 28.0. The van der Waals surface area contributed by atoms with Crippen molar-refractivity contribution in [3.63, 3.8) is 0 Å². The van der Waals surface area contributed by atoms with Crippen LogP contribution in [0.3, 0.4) is 0 Å². The molecule has 2 aromatic carbocycles. The normalized spacial score (nSPS) is 19.6. The first-order valence-electron chi connectivity index (χ1n) is 11.3. The molecule has 198 valence electrons. The van der Waals surface area contributed by atoms with Crippen LogP contribution in [-0.4, -0.2) is 22.3 Å². The van der Waals surface area contributed by atoms with Gasteiger partial charge in [-0.3, -0.25) is 0 Å². The fraction of sp³-hybridized carbons (Fsp3) is 0.458. The molecular weight excluding hydrogens is 508 g/mol. The summed E-state index contributed by atoms with van der Waals surface area (Å²) in [4.78, 5) is 13.2. The van der Waals surface area contributed by atoms with E-state index in [9.17, 15) is 35.3 Å². The van der Waals surface area contributed by atoms with Gasteiger partial charge < -0.3 is 10.6 Å². The monoisotopic (exact) mass is 535 g/mol. The molecule has 5 nitrogen and oxygen atoms in total. The second-order valence-corrected chi connectivity index (χ2v) is 10.2. The summed E-state index contributed by atoms with van der Waals surface area (Å²) in [6.45, 7) is 5.63. The van der Waals surface area contributed by atoms with E-state index in [1.165, 1.54) is 0 Å². The summed E-state index contributed by atoms with van der Waals surface area (Å²) in [6.07, 6.45) is -7.40. The number of rotatable bonds is 5. The number of benzene rings is 2. The van der Waals surface area contributed by atoms with Crippen molar-refractivity contribution in [3.05, 3.63) is 58.1 Å². The SMILES string of the molecule is Cc1cc(C)c(S(=O)N[C@@H]2CCCC[C@H]2NC(=O)Nc2cc(C(F)(F)F)cc(C(F)(F)F)c2)c(C)c1. The lowest BCUT2D eigenvalue weighted by atomic mass is 9.91. The van der Waals surface area contributed by atoms with Gasteiger partial charge in [-0.1, -0.05) is 30.5 Å². The first-order chi connectivity index (χ1) is 16.6. The zero-order valence-corrected chi connectivity index (χ0v) is 20.7. The molecule has 1 unspecified atom stereocenters. The van der Waals surface area contributed by atoms with Crippen LogP contribution in [0.1, 0.15) is 53.5 Å². The maximum atomic E-state index is 13.1. The summed E-state index contributed by atoms with van der Waals surface area (Å²) < 4.78 is 94.8. The molecule has 2 aromatic rings. The highest BCUT2D eigenvalue weighted by molar-refractivity contribution is 7.83. The summed E-state index contributed by atoms with van der Waals surface area (Å²) in [5.74, 6) is 0. The highest BCUT2D eigenvalue weighted by Crippen LogP contribution is 2.37. The number of nitrogens with one attached hydrogen (secondary N) is 3. The molecule has 0 heterocycles. The molecule has 0 bridgehead atoms. The van der Waals surface area contributed by atoms with Gasteiger partial charge in [-0.05, 0) is 62.9 Å². The van der Waals surface area contributed by atoms with E-state index in [1.807, 2.05) is 32.9 Å². The van der Waals surface area contributed by atoms with E-state index in [0.717, 1.165) is 29.5 Å². The molecule has 0 spiro atoms. The maximum Gasteiger partial charge on any atom is 0.416 e. The number of hydrogen-bond acceptors (Lipinski definition) is 2. The number of carbonyl (C=O) groups excluding carboxylic acids is 1. The fourth-order valence-electron chi connectivity index (χ4n) is 4.46. The summed E-state index contributed by atoms with van der Waals surface area (Å²) in [7, 11) is -1.58. The van der Waals surface area contributed by atoms with Crippen LogP contribution >= 0.6 is 0 Å². The van der Waals surface area contributed by atoms with Crippen LogP contribution < -0.4 is 15.4 Å². The Hall–Kier alpha value is -2.60. The van der Waals surface area contributed by atoms with Crippen LogP contribution in [0.15, 0.2) is 35.2 Å². The number of urea groups is 1. The zero-order chi connectivity index (χ0) is 26.8. The smallest absolute Gasteiger partial charge is 0.334 e. The highest BCUT2D eigenvalue weighted by Gasteiger charge is 2.37. The topological polar surface area (TPSA) is 70.2 Å². The molecule has 0 radical (unpaired) electrons. The average molecular weight is 536 g/mol. The Morgan fingerprint density at radius 1 is 0.833 bits per heavy atom. The van der Waals surface area contributed by atoms with Crippen molar-refractivity contribution in [2.24, 2.45) is 0 Å². The minimum absolute atomic E-state index is 0.00542. The van der Waals surface area contributed by atoms with E-state index in [0.29, 0.717) is 29.9 Å². The van der Waals surface area contributed by atoms with Gasteiger partial charge in [-0.2, -0.15) is 26.3 Å². The molecular formula is C24H27F6N3O2S. The second kappa shape index (κ2) is 10.8. The predicted molar refractivity (Wildman–Crippen MR) is 125 cm³/mol. The van der Waals surface area contributed by atoms with Crippen LogP contribution in [0.4, 0.5) is 36.8 Å². The van der Waals surface area contributed by atoms with E-state index in [2.05, 4.69) is 15.4 Å². The van der Waals surface area contributed by atoms with Crippen molar-refractivity contribution in [2.45, 2.75) is 75.8 Å². The third kappa shape index (κ3) is 7.00. The maximum absolute atomic E-state index is 13.1. The average Bonchev–Trinajstić information content (AvgIpc) is 2.73. The molecule has 0 aliphatic heterocycles. The van der Waals surface area contributed by atoms with Crippen molar-refractivity contribution in [1.29, 1.82) is 0 Å². The largest absolute Gasteiger partial charge is 0.416 e. The number of aryl methyl sites for hydroxylation is 3. The van der Waals surface area contributed by atoms with Gasteiger partial charge in [0.05, 0.1) is 16.0 Å². The molecule has 3 atom stereocenters. The fourth-order valence-corrected chi connectivity index (χ4v) is 5.84. The Morgan fingerprint density at radius 2 is 1.33 bits per heavy atom. The third-order valence-electron chi connectivity index (χ3n) is 5.98. The van der Waals surface area contributed by atoms with Crippen LogP contribution in [-0.2, 0) is 23.3 Å². The molecule has 3 rings (SSSR count). The number of hydrogen-bond donors (Lipinski definition) is 3. The molecule has 0 aromatic heterocycles. The Bertz CT molecular complexity index is 1090. The minimum atomic E-state index is -5.02. The lowest BCUT2D eigenvalue weighted by Gasteiger charge is -2.32. The molecule has 12 heteroatoms. The number of amides is 2. The minimum Gasteiger partial charge on any atom is -0.334 e. The predicted octanol–water partition coefficient (Wildman–Crippen LogP) is 6.39. The van der Waals surface area contributed by atoms with Crippen molar-refractivity contribution < 1.29 is 35.3 Å². The van der Waals surface area contributed by atoms with Gasteiger partial charge in [0.2, 0.25) is 0 Å². The molecule has 2 amide bonds. The van der Waals surface area contributed by atoms with Crippen molar-refractivity contribution in [3.8, 4) is 0 Å². The van der Waals surface area contributed by atoms with Crippen molar-refractivity contribution in [2.75, 3.05) is 5.32 Å². The van der Waals surface area contributed by atoms with E-state index in [-0.39, 0.29) is 6.07 Å². The Balaban J connectivity index is 1.75. The molecule has 1 aliphatic rings. The van der Waals surface area contributed by atoms with Gasteiger partial charge in [0.1, 0.15) is 11.0 Å². The van der Waals surface area contributed by atoms with E-state index in [1.54, 1.807) is 0 Å². The van der Waals surface area contributed by atoms with Gasteiger partial charge in [-0.15, -0.1) is 0 Å². The number of halogens is 6.